The van der Waals surface area contributed by atoms with Crippen molar-refractivity contribution in [3.05, 3.63) is 0 Å². The minimum absolute atomic E-state index is 0.206. The van der Waals surface area contributed by atoms with Gasteiger partial charge in [-0.25, -0.2) is 0 Å². The monoisotopic (exact) mass is 202 g/mol. The Morgan fingerprint density at radius 3 is 2.29 bits per heavy atom. The molecule has 0 fully saturated rings. The average Bonchev–Trinajstić information content (AvgIpc) is 2.11. The summed E-state index contributed by atoms with van der Waals surface area (Å²) in [6.07, 6.45) is 3.09. The Hall–Kier alpha value is -0.570. The van der Waals surface area contributed by atoms with Gasteiger partial charge < -0.3 is 10.2 Å². The van der Waals surface area contributed by atoms with Crippen LogP contribution in [-0.2, 0) is 4.79 Å². The molecule has 1 atom stereocenters. The quantitative estimate of drug-likeness (QED) is 0.623. The Morgan fingerprint density at radius 1 is 1.36 bits per heavy atom. The van der Waals surface area contributed by atoms with Crippen molar-refractivity contribution in [2.24, 2.45) is 5.92 Å². The summed E-state index contributed by atoms with van der Waals surface area (Å²) < 4.78 is 0. The largest absolute Gasteiger partial charge is 0.481 e. The van der Waals surface area contributed by atoms with Crippen LogP contribution < -0.4 is 0 Å². The highest BCUT2D eigenvalue weighted by Crippen LogP contribution is 2.27. The van der Waals surface area contributed by atoms with Gasteiger partial charge in [0.15, 0.2) is 0 Å². The number of carboxylic acids is 1. The van der Waals surface area contributed by atoms with Gasteiger partial charge in [-0.05, 0) is 25.2 Å². The summed E-state index contributed by atoms with van der Waals surface area (Å²) in [5, 5.41) is 18.6. The minimum Gasteiger partial charge on any atom is -0.481 e. The fourth-order valence-electron chi connectivity index (χ4n) is 1.58. The molecule has 0 aliphatic heterocycles. The lowest BCUT2D eigenvalue weighted by Crippen LogP contribution is -2.34. The van der Waals surface area contributed by atoms with E-state index >= 15 is 0 Å². The Labute approximate surface area is 86.1 Å². The lowest BCUT2D eigenvalue weighted by molar-refractivity contribution is -0.137. The van der Waals surface area contributed by atoms with Crippen LogP contribution >= 0.6 is 0 Å². The van der Waals surface area contributed by atoms with Crippen molar-refractivity contribution in [2.45, 2.75) is 58.5 Å². The lowest BCUT2D eigenvalue weighted by Gasteiger charge is -2.31. The summed E-state index contributed by atoms with van der Waals surface area (Å²) in [6, 6.07) is 0. The maximum absolute atomic E-state index is 10.3. The smallest absolute Gasteiger partial charge is 0.303 e. The van der Waals surface area contributed by atoms with Crippen molar-refractivity contribution in [3.8, 4) is 0 Å². The number of aliphatic carboxylic acids is 1. The van der Waals surface area contributed by atoms with Crippen LogP contribution in [0, 0.1) is 5.92 Å². The first-order chi connectivity index (χ1) is 6.42. The molecule has 0 spiro atoms. The maximum Gasteiger partial charge on any atom is 0.303 e. The van der Waals surface area contributed by atoms with E-state index in [1.807, 2.05) is 20.8 Å². The van der Waals surface area contributed by atoms with Gasteiger partial charge in [0.2, 0.25) is 0 Å². The second-order valence-electron chi connectivity index (χ2n) is 4.21. The van der Waals surface area contributed by atoms with Crippen LogP contribution in [0.4, 0.5) is 0 Å². The third-order valence-electron chi connectivity index (χ3n) is 2.94. The van der Waals surface area contributed by atoms with Gasteiger partial charge in [-0.15, -0.1) is 0 Å². The molecule has 84 valence electrons. The third kappa shape index (κ3) is 4.61. The van der Waals surface area contributed by atoms with Gasteiger partial charge in [-0.3, -0.25) is 4.79 Å². The first-order valence-electron chi connectivity index (χ1n) is 5.36. The van der Waals surface area contributed by atoms with Gasteiger partial charge in [0, 0.05) is 6.42 Å². The fourth-order valence-corrected chi connectivity index (χ4v) is 1.58. The molecule has 3 heteroatoms. The first kappa shape index (κ1) is 13.4. The molecule has 0 saturated carbocycles. The summed E-state index contributed by atoms with van der Waals surface area (Å²) >= 11 is 0. The van der Waals surface area contributed by atoms with Gasteiger partial charge in [-0.2, -0.15) is 0 Å². The molecule has 0 rings (SSSR count). The third-order valence-corrected chi connectivity index (χ3v) is 2.94. The first-order valence-corrected chi connectivity index (χ1v) is 5.36. The summed E-state index contributed by atoms with van der Waals surface area (Å²) in [5.74, 6) is -0.521. The van der Waals surface area contributed by atoms with Crippen LogP contribution in [0.5, 0.6) is 0 Å². The number of carboxylic acid groups (broad SMARTS) is 1. The molecular weight excluding hydrogens is 180 g/mol. The van der Waals surface area contributed by atoms with Crippen LogP contribution in [0.3, 0.4) is 0 Å². The number of hydrogen-bond donors (Lipinski definition) is 2. The molecule has 0 saturated heterocycles. The molecule has 14 heavy (non-hydrogen) atoms. The van der Waals surface area contributed by atoms with Crippen LogP contribution in [0.2, 0.25) is 0 Å². The summed E-state index contributed by atoms with van der Waals surface area (Å²) in [7, 11) is 0. The molecule has 3 nitrogen and oxygen atoms in total. The number of hydrogen-bond acceptors (Lipinski definition) is 2. The van der Waals surface area contributed by atoms with Crippen molar-refractivity contribution >= 4 is 5.97 Å². The Morgan fingerprint density at radius 2 is 1.93 bits per heavy atom. The SMILES string of the molecule is CCC(O)(CCCCC(=O)O)C(C)C. The van der Waals surface area contributed by atoms with Crippen molar-refractivity contribution in [2.75, 3.05) is 0 Å². The van der Waals surface area contributed by atoms with Gasteiger partial charge >= 0.3 is 5.97 Å². The van der Waals surface area contributed by atoms with Crippen molar-refractivity contribution in [1.29, 1.82) is 0 Å². The van der Waals surface area contributed by atoms with Gasteiger partial charge in [-0.1, -0.05) is 27.2 Å². The summed E-state index contributed by atoms with van der Waals surface area (Å²) in [4.78, 5) is 10.3. The van der Waals surface area contributed by atoms with Crippen LogP contribution in [0.1, 0.15) is 52.9 Å². The van der Waals surface area contributed by atoms with Crippen LogP contribution in [0.15, 0.2) is 0 Å². The van der Waals surface area contributed by atoms with E-state index < -0.39 is 11.6 Å². The average molecular weight is 202 g/mol. The molecular formula is C11H22O3. The molecule has 0 heterocycles. The second-order valence-corrected chi connectivity index (χ2v) is 4.21. The molecule has 0 radical (unpaired) electrons. The molecule has 0 bridgehead atoms. The van der Waals surface area contributed by atoms with Gasteiger partial charge in [0.25, 0.3) is 0 Å². The van der Waals surface area contributed by atoms with Gasteiger partial charge in [0.1, 0.15) is 0 Å². The van der Waals surface area contributed by atoms with E-state index in [0.29, 0.717) is 12.8 Å². The van der Waals surface area contributed by atoms with E-state index in [1.54, 1.807) is 0 Å². The van der Waals surface area contributed by atoms with Gasteiger partial charge in [0.05, 0.1) is 5.60 Å². The topological polar surface area (TPSA) is 57.5 Å². The Balaban J connectivity index is 3.79. The minimum atomic E-state index is -0.755. The molecule has 0 aliphatic rings. The molecule has 1 unspecified atom stereocenters. The van der Waals surface area contributed by atoms with Crippen LogP contribution in [-0.4, -0.2) is 21.8 Å². The second kappa shape index (κ2) is 6.02. The molecule has 0 aromatic heterocycles. The Bertz CT molecular complexity index is 177. The van der Waals surface area contributed by atoms with E-state index in [9.17, 15) is 9.90 Å². The van der Waals surface area contributed by atoms with E-state index in [-0.39, 0.29) is 12.3 Å². The van der Waals surface area contributed by atoms with Crippen molar-refractivity contribution in [3.63, 3.8) is 0 Å². The molecule has 0 aromatic rings. The highest BCUT2D eigenvalue weighted by molar-refractivity contribution is 5.66. The zero-order valence-electron chi connectivity index (χ0n) is 9.42. The number of unbranched alkanes of at least 4 members (excludes halogenated alkanes) is 1. The Kier molecular flexibility index (Phi) is 5.77. The summed E-state index contributed by atoms with van der Waals surface area (Å²) in [6.45, 7) is 5.97. The maximum atomic E-state index is 10.3. The normalized spacial score (nSPS) is 15.5. The number of carbonyl (C=O) groups is 1. The molecule has 0 amide bonds. The molecule has 0 aliphatic carbocycles. The zero-order chi connectivity index (χ0) is 11.2. The zero-order valence-corrected chi connectivity index (χ0v) is 9.42. The van der Waals surface area contributed by atoms with E-state index in [1.165, 1.54) is 0 Å². The molecule has 2 N–H and O–H groups in total. The predicted octanol–water partition coefficient (Wildman–Crippen LogP) is 2.43. The predicted molar refractivity (Wildman–Crippen MR) is 56.2 cm³/mol. The van der Waals surface area contributed by atoms with Crippen molar-refractivity contribution < 1.29 is 15.0 Å². The fraction of sp³-hybridized carbons (Fsp3) is 0.909. The van der Waals surface area contributed by atoms with E-state index in [2.05, 4.69) is 0 Å². The summed E-state index contributed by atoms with van der Waals surface area (Å²) in [5.41, 5.74) is -0.613. The lowest BCUT2D eigenvalue weighted by atomic mass is 9.83. The molecule has 0 aromatic carbocycles. The number of rotatable bonds is 7. The van der Waals surface area contributed by atoms with Crippen molar-refractivity contribution in [1.82, 2.24) is 0 Å². The van der Waals surface area contributed by atoms with E-state index in [0.717, 1.165) is 12.8 Å². The van der Waals surface area contributed by atoms with Crippen LogP contribution in [0.25, 0.3) is 0 Å². The van der Waals surface area contributed by atoms with E-state index in [4.69, 9.17) is 5.11 Å². The highest BCUT2D eigenvalue weighted by Gasteiger charge is 2.27. The standard InChI is InChI=1S/C11H22O3/c1-4-11(14,9(2)3)8-6-5-7-10(12)13/h9,14H,4-8H2,1-3H3,(H,12,13). The number of aliphatic hydroxyl groups is 1. The highest BCUT2D eigenvalue weighted by atomic mass is 16.4.